The van der Waals surface area contributed by atoms with Crippen molar-refractivity contribution in [3.63, 3.8) is 0 Å². The second kappa shape index (κ2) is 9.02. The van der Waals surface area contributed by atoms with E-state index in [1.165, 1.54) is 17.0 Å². The number of carbonyl (C=O) groups excluding carboxylic acids is 3. The van der Waals surface area contributed by atoms with E-state index in [2.05, 4.69) is 10.5 Å². The minimum atomic E-state index is -1.07. The first-order valence-electron chi connectivity index (χ1n) is 13.2. The van der Waals surface area contributed by atoms with E-state index < -0.39 is 23.2 Å². The van der Waals surface area contributed by atoms with Crippen LogP contribution >= 0.6 is 0 Å². The number of likely N-dealkylation sites (tertiary alicyclic amines) is 1. The number of amides is 3. The Labute approximate surface area is 230 Å². The number of nitrogens with zero attached hydrogens (tertiary/aromatic N) is 2. The molecule has 0 aromatic heterocycles. The number of phenolic OH excluding ortho intramolecular Hbond substituents is 1. The SMILES string of the molecule is O=C(N/N=C\C12c3ccccc3C(c3ccccc31)[C@@H]1C(=O)N(Cc3ccccc3)C(=O)[C@@H]12)c1ccccc1O. The molecule has 4 aliphatic rings. The lowest BCUT2D eigenvalue weighted by Gasteiger charge is -2.52. The van der Waals surface area contributed by atoms with Crippen molar-refractivity contribution in [2.24, 2.45) is 16.9 Å². The van der Waals surface area contributed by atoms with Gasteiger partial charge >= 0.3 is 0 Å². The molecule has 1 heterocycles. The van der Waals surface area contributed by atoms with E-state index in [0.29, 0.717) is 0 Å². The van der Waals surface area contributed by atoms with Crippen molar-refractivity contribution < 1.29 is 19.5 Å². The van der Waals surface area contributed by atoms with Crippen LogP contribution in [0.2, 0.25) is 0 Å². The van der Waals surface area contributed by atoms with Crippen LogP contribution in [0.15, 0.2) is 108 Å². The Morgan fingerprint density at radius 2 is 1.43 bits per heavy atom. The van der Waals surface area contributed by atoms with Gasteiger partial charge in [0.1, 0.15) is 5.75 Å². The molecule has 0 spiro atoms. The highest BCUT2D eigenvalue weighted by atomic mass is 16.3. The standard InChI is InChI=1S/C33H25N3O4/c37-26-17-9-6-14-23(26)30(38)35-34-19-33-24-15-7-4-12-21(24)27(22-13-5-8-16-25(22)33)28-29(33)32(40)36(31(28)39)18-20-10-2-1-3-11-20/h1-17,19,27-29,37H,18H2,(H,35,38)/b34-19-/t27?,28-,29+,33?/m0/s1. The number of benzene rings is 4. The van der Waals surface area contributed by atoms with E-state index in [1.54, 1.807) is 18.3 Å². The zero-order valence-electron chi connectivity index (χ0n) is 21.4. The molecule has 0 radical (unpaired) electrons. The summed E-state index contributed by atoms with van der Waals surface area (Å²) in [5, 5.41) is 14.5. The number of hydrogen-bond donors (Lipinski definition) is 2. The van der Waals surface area contributed by atoms with Gasteiger partial charge in [0.05, 0.1) is 29.4 Å². The molecule has 1 saturated heterocycles. The van der Waals surface area contributed by atoms with Crippen LogP contribution in [0.1, 0.15) is 44.1 Å². The average molecular weight is 528 g/mol. The fraction of sp³-hybridized carbons (Fsp3) is 0.152. The second-order valence-electron chi connectivity index (χ2n) is 10.5. The van der Waals surface area contributed by atoms with Crippen LogP contribution < -0.4 is 5.43 Å². The molecule has 2 bridgehead atoms. The van der Waals surface area contributed by atoms with Crippen molar-refractivity contribution in [1.82, 2.24) is 10.3 Å². The summed E-state index contributed by atoms with van der Waals surface area (Å²) in [6.45, 7) is 0.197. The number of imide groups is 1. The average Bonchev–Trinajstić information content (AvgIpc) is 3.24. The minimum absolute atomic E-state index is 0.0873. The molecule has 0 unspecified atom stereocenters. The topological polar surface area (TPSA) is 99.1 Å². The molecule has 4 aromatic rings. The maximum atomic E-state index is 14.3. The Morgan fingerprint density at radius 1 is 0.825 bits per heavy atom. The molecule has 7 heteroatoms. The van der Waals surface area contributed by atoms with Crippen LogP contribution in [0, 0.1) is 11.8 Å². The quantitative estimate of drug-likeness (QED) is 0.229. The summed E-state index contributed by atoms with van der Waals surface area (Å²) in [4.78, 5) is 42.6. The summed E-state index contributed by atoms with van der Waals surface area (Å²) in [5.41, 5.74) is 6.23. The Balaban J connectivity index is 1.37. The first kappa shape index (κ1) is 24.0. The van der Waals surface area contributed by atoms with Crippen LogP contribution in [0.5, 0.6) is 5.75 Å². The molecule has 2 N–H and O–H groups in total. The summed E-state index contributed by atoms with van der Waals surface area (Å²) < 4.78 is 0. The third-order valence-electron chi connectivity index (χ3n) is 8.54. The van der Waals surface area contributed by atoms with Gasteiger partial charge in [0.2, 0.25) is 11.8 Å². The van der Waals surface area contributed by atoms with E-state index in [1.807, 2.05) is 78.9 Å². The van der Waals surface area contributed by atoms with E-state index >= 15 is 0 Å². The molecule has 4 aromatic carbocycles. The normalized spacial score (nSPS) is 24.1. The van der Waals surface area contributed by atoms with Crippen molar-refractivity contribution in [2.45, 2.75) is 17.9 Å². The molecule has 7 nitrogen and oxygen atoms in total. The highest BCUT2D eigenvalue weighted by Gasteiger charge is 2.67. The highest BCUT2D eigenvalue weighted by Crippen LogP contribution is 2.63. The van der Waals surface area contributed by atoms with Gasteiger partial charge in [0.15, 0.2) is 0 Å². The summed E-state index contributed by atoms with van der Waals surface area (Å²) in [6, 6.07) is 31.5. The number of hydrogen-bond acceptors (Lipinski definition) is 5. The first-order valence-corrected chi connectivity index (χ1v) is 13.2. The third-order valence-corrected chi connectivity index (χ3v) is 8.54. The monoisotopic (exact) mass is 527 g/mol. The van der Waals surface area contributed by atoms with Gasteiger partial charge in [0, 0.05) is 12.1 Å². The van der Waals surface area contributed by atoms with Crippen molar-refractivity contribution >= 4 is 23.9 Å². The molecule has 1 aliphatic heterocycles. The van der Waals surface area contributed by atoms with Crippen LogP contribution in [0.3, 0.4) is 0 Å². The van der Waals surface area contributed by atoms with Gasteiger partial charge in [-0.15, -0.1) is 0 Å². The number of carbonyl (C=O) groups is 3. The molecule has 2 atom stereocenters. The molecule has 0 saturated carbocycles. The lowest BCUT2D eigenvalue weighted by atomic mass is 9.47. The van der Waals surface area contributed by atoms with Crippen LogP contribution in [0.25, 0.3) is 0 Å². The molecule has 40 heavy (non-hydrogen) atoms. The number of phenols is 1. The smallest absolute Gasteiger partial charge is 0.275 e. The molecular formula is C33H25N3O4. The number of rotatable bonds is 5. The number of hydrazone groups is 1. The summed E-state index contributed by atoms with van der Waals surface area (Å²) in [6.07, 6.45) is 1.62. The highest BCUT2D eigenvalue weighted by molar-refractivity contribution is 6.11. The van der Waals surface area contributed by atoms with E-state index in [4.69, 9.17) is 0 Å². The number of aromatic hydroxyl groups is 1. The molecule has 8 rings (SSSR count). The third kappa shape index (κ3) is 3.30. The second-order valence-corrected chi connectivity index (χ2v) is 10.5. The zero-order valence-corrected chi connectivity index (χ0v) is 21.4. The largest absolute Gasteiger partial charge is 0.507 e. The molecule has 196 valence electrons. The molecule has 3 amide bonds. The van der Waals surface area contributed by atoms with Crippen molar-refractivity contribution in [1.29, 1.82) is 0 Å². The lowest BCUT2D eigenvalue weighted by molar-refractivity contribution is -0.140. The molecule has 1 fully saturated rings. The lowest BCUT2D eigenvalue weighted by Crippen LogP contribution is -2.54. The van der Waals surface area contributed by atoms with Gasteiger partial charge in [-0.2, -0.15) is 5.10 Å². The van der Waals surface area contributed by atoms with E-state index in [9.17, 15) is 19.5 Å². The fourth-order valence-electron chi connectivity index (χ4n) is 6.95. The predicted molar refractivity (Wildman–Crippen MR) is 149 cm³/mol. The number of nitrogens with one attached hydrogen (secondary N) is 1. The fourth-order valence-corrected chi connectivity index (χ4v) is 6.95. The van der Waals surface area contributed by atoms with Gasteiger partial charge in [-0.25, -0.2) is 5.43 Å². The van der Waals surface area contributed by atoms with Crippen LogP contribution in [-0.2, 0) is 21.5 Å². The predicted octanol–water partition coefficient (Wildman–Crippen LogP) is 4.35. The summed E-state index contributed by atoms with van der Waals surface area (Å²) in [7, 11) is 0. The van der Waals surface area contributed by atoms with Crippen molar-refractivity contribution in [3.05, 3.63) is 137 Å². The Hall–Kier alpha value is -5.04. The zero-order chi connectivity index (χ0) is 27.4. The molecule has 3 aliphatic carbocycles. The minimum Gasteiger partial charge on any atom is -0.507 e. The van der Waals surface area contributed by atoms with Crippen molar-refractivity contribution in [2.75, 3.05) is 0 Å². The van der Waals surface area contributed by atoms with Gasteiger partial charge in [-0.1, -0.05) is 91.0 Å². The van der Waals surface area contributed by atoms with Crippen LogP contribution in [-0.4, -0.2) is 33.9 Å². The molecular weight excluding hydrogens is 502 g/mol. The Bertz CT molecular complexity index is 1670. The first-order chi connectivity index (χ1) is 19.5. The Morgan fingerprint density at radius 3 is 2.10 bits per heavy atom. The number of para-hydroxylation sites is 1. The maximum Gasteiger partial charge on any atom is 0.275 e. The van der Waals surface area contributed by atoms with Crippen LogP contribution in [0.4, 0.5) is 0 Å². The maximum absolute atomic E-state index is 14.3. The van der Waals surface area contributed by atoms with Gasteiger partial charge in [0.25, 0.3) is 5.91 Å². The van der Waals surface area contributed by atoms with Gasteiger partial charge < -0.3 is 5.11 Å². The summed E-state index contributed by atoms with van der Waals surface area (Å²) >= 11 is 0. The van der Waals surface area contributed by atoms with E-state index in [-0.39, 0.29) is 35.6 Å². The van der Waals surface area contributed by atoms with Gasteiger partial charge in [-0.3, -0.25) is 19.3 Å². The van der Waals surface area contributed by atoms with E-state index in [0.717, 1.165) is 27.8 Å². The Kier molecular flexibility index (Phi) is 5.42. The van der Waals surface area contributed by atoms with Gasteiger partial charge in [-0.05, 0) is 39.9 Å². The summed E-state index contributed by atoms with van der Waals surface area (Å²) in [5.74, 6) is -2.75. The van der Waals surface area contributed by atoms with Crippen molar-refractivity contribution in [3.8, 4) is 5.75 Å².